The first-order chi connectivity index (χ1) is 15.0. The third kappa shape index (κ3) is 4.21. The van der Waals surface area contributed by atoms with E-state index in [1.165, 1.54) is 5.06 Å². The molecular formula is C24H23N3O4. The Morgan fingerprint density at radius 1 is 1.13 bits per heavy atom. The summed E-state index contributed by atoms with van der Waals surface area (Å²) in [7, 11) is 0. The van der Waals surface area contributed by atoms with E-state index < -0.39 is 5.91 Å². The number of rotatable bonds is 6. The molecule has 0 saturated heterocycles. The summed E-state index contributed by atoms with van der Waals surface area (Å²) in [5.41, 5.74) is 3.09. The van der Waals surface area contributed by atoms with Crippen LogP contribution < -0.4 is 9.47 Å². The fourth-order valence-electron chi connectivity index (χ4n) is 3.30. The molecule has 2 aromatic carbocycles. The molecule has 1 N–H and O–H groups in total. The van der Waals surface area contributed by atoms with Crippen molar-refractivity contribution in [3.8, 4) is 11.5 Å². The zero-order valence-electron chi connectivity index (χ0n) is 17.6. The first-order valence-electron chi connectivity index (χ1n) is 10.0. The molecule has 4 rings (SSSR count). The molecule has 0 saturated carbocycles. The van der Waals surface area contributed by atoms with Crippen LogP contribution in [0.1, 0.15) is 30.5 Å². The van der Waals surface area contributed by atoms with Crippen molar-refractivity contribution in [3.05, 3.63) is 76.6 Å². The number of nitrogens with zero attached hydrogens (tertiary/aromatic N) is 2. The minimum absolute atomic E-state index is 0.0547. The second kappa shape index (κ2) is 8.47. The fraction of sp³-hybridized carbons (Fsp3) is 0.208. The number of hydrogen-bond donors (Lipinski definition) is 1. The van der Waals surface area contributed by atoms with E-state index >= 15 is 0 Å². The van der Waals surface area contributed by atoms with Gasteiger partial charge in [0.2, 0.25) is 0 Å². The molecule has 1 amide bonds. The van der Waals surface area contributed by atoms with Gasteiger partial charge in [0.15, 0.2) is 23.2 Å². The summed E-state index contributed by atoms with van der Waals surface area (Å²) >= 11 is 0. The van der Waals surface area contributed by atoms with Crippen molar-refractivity contribution in [2.45, 2.75) is 27.4 Å². The Bertz CT molecular complexity index is 1150. The van der Waals surface area contributed by atoms with Crippen molar-refractivity contribution < 1.29 is 19.1 Å². The van der Waals surface area contributed by atoms with Crippen LogP contribution in [0.5, 0.6) is 11.5 Å². The summed E-state index contributed by atoms with van der Waals surface area (Å²) < 4.78 is 11.8. The standard InChI is InChI=1S/C24H23N3O4/c1-4-29-21-13-17(9-10-20(21)30-14-18-8-6-5-7-15(18)2)12-19-23(25)27-22(26-24(19)28)11-16(3)31-27/h5-13,25H,4,14H2,1-3H3/b19-12+,25-23?. The summed E-state index contributed by atoms with van der Waals surface area (Å²) in [5.74, 6) is 1.54. The molecule has 0 aromatic heterocycles. The van der Waals surface area contributed by atoms with Gasteiger partial charge < -0.3 is 14.3 Å². The molecule has 2 aliphatic rings. The van der Waals surface area contributed by atoms with Crippen LogP contribution in [0.25, 0.3) is 6.08 Å². The Morgan fingerprint density at radius 2 is 1.94 bits per heavy atom. The molecule has 7 nitrogen and oxygen atoms in total. The predicted octanol–water partition coefficient (Wildman–Crippen LogP) is 4.42. The lowest BCUT2D eigenvalue weighted by Gasteiger charge is -2.23. The Labute approximate surface area is 180 Å². The summed E-state index contributed by atoms with van der Waals surface area (Å²) in [6.07, 6.45) is 3.23. The maximum Gasteiger partial charge on any atom is 0.282 e. The van der Waals surface area contributed by atoms with Crippen LogP contribution in [0, 0.1) is 12.3 Å². The van der Waals surface area contributed by atoms with Crippen LogP contribution in [0.2, 0.25) is 0 Å². The molecule has 2 heterocycles. The monoisotopic (exact) mass is 417 g/mol. The van der Waals surface area contributed by atoms with Gasteiger partial charge in [0.1, 0.15) is 12.4 Å². The molecule has 0 aliphatic carbocycles. The number of ether oxygens (including phenoxy) is 2. The van der Waals surface area contributed by atoms with Gasteiger partial charge in [0.05, 0.1) is 12.2 Å². The largest absolute Gasteiger partial charge is 0.490 e. The van der Waals surface area contributed by atoms with Crippen molar-refractivity contribution in [3.63, 3.8) is 0 Å². The number of hydroxylamine groups is 2. The first-order valence-corrected chi connectivity index (χ1v) is 10.0. The number of hydrogen-bond acceptors (Lipinski definition) is 5. The Balaban J connectivity index is 1.58. The van der Waals surface area contributed by atoms with Gasteiger partial charge in [-0.25, -0.2) is 0 Å². The number of allylic oxidation sites excluding steroid dienone is 1. The van der Waals surface area contributed by atoms with E-state index in [0.29, 0.717) is 41.9 Å². The van der Waals surface area contributed by atoms with Crippen molar-refractivity contribution in [2.24, 2.45) is 4.99 Å². The normalized spacial score (nSPS) is 16.6. The van der Waals surface area contributed by atoms with Crippen LogP contribution in [0.4, 0.5) is 0 Å². The molecule has 0 atom stereocenters. The van der Waals surface area contributed by atoms with Gasteiger partial charge in [-0.05, 0) is 55.7 Å². The highest BCUT2D eigenvalue weighted by Crippen LogP contribution is 2.31. The number of benzene rings is 2. The minimum Gasteiger partial charge on any atom is -0.490 e. The highest BCUT2D eigenvalue weighted by Gasteiger charge is 2.34. The SMILES string of the molecule is CCOc1cc(/C=C2\C(=N)N3OC(C)=CC3=NC2=O)ccc1OCc1ccccc1C. The Morgan fingerprint density at radius 3 is 2.71 bits per heavy atom. The van der Waals surface area contributed by atoms with E-state index in [-0.39, 0.29) is 11.4 Å². The van der Waals surface area contributed by atoms with Gasteiger partial charge in [-0.2, -0.15) is 4.99 Å². The number of nitrogens with one attached hydrogen (secondary N) is 1. The molecule has 0 unspecified atom stereocenters. The lowest BCUT2D eigenvalue weighted by atomic mass is 10.1. The highest BCUT2D eigenvalue weighted by atomic mass is 16.7. The van der Waals surface area contributed by atoms with Crippen LogP contribution >= 0.6 is 0 Å². The smallest absolute Gasteiger partial charge is 0.282 e. The van der Waals surface area contributed by atoms with Gasteiger partial charge in [-0.15, -0.1) is 5.06 Å². The second-order valence-electron chi connectivity index (χ2n) is 7.18. The topological polar surface area (TPSA) is 84.2 Å². The van der Waals surface area contributed by atoms with Crippen molar-refractivity contribution in [1.82, 2.24) is 5.06 Å². The van der Waals surface area contributed by atoms with Gasteiger partial charge in [0.25, 0.3) is 5.91 Å². The van der Waals surface area contributed by atoms with Crippen LogP contribution in [-0.2, 0) is 16.2 Å². The molecule has 158 valence electrons. The molecule has 31 heavy (non-hydrogen) atoms. The first kappa shape index (κ1) is 20.4. The van der Waals surface area contributed by atoms with E-state index in [1.807, 2.05) is 44.2 Å². The van der Waals surface area contributed by atoms with Gasteiger partial charge in [0, 0.05) is 6.08 Å². The molecule has 2 aromatic rings. The van der Waals surface area contributed by atoms with E-state index in [0.717, 1.165) is 11.1 Å². The lowest BCUT2D eigenvalue weighted by Crippen LogP contribution is -2.38. The van der Waals surface area contributed by atoms with Crippen LogP contribution in [-0.4, -0.2) is 29.2 Å². The van der Waals surface area contributed by atoms with E-state index in [4.69, 9.17) is 19.7 Å². The summed E-state index contributed by atoms with van der Waals surface area (Å²) in [4.78, 5) is 21.9. The van der Waals surface area contributed by atoms with Gasteiger partial charge >= 0.3 is 0 Å². The summed E-state index contributed by atoms with van der Waals surface area (Å²) in [6.45, 7) is 6.57. The number of carbonyl (C=O) groups is 1. The summed E-state index contributed by atoms with van der Waals surface area (Å²) in [6, 6.07) is 13.5. The predicted molar refractivity (Wildman–Crippen MR) is 118 cm³/mol. The Hall–Kier alpha value is -3.87. The number of amidine groups is 2. The maximum atomic E-state index is 12.5. The van der Waals surface area contributed by atoms with E-state index in [2.05, 4.69) is 4.99 Å². The molecule has 2 aliphatic heterocycles. The lowest BCUT2D eigenvalue weighted by molar-refractivity contribution is -0.114. The number of carbonyl (C=O) groups excluding carboxylic acids is 1. The molecule has 0 spiro atoms. The average Bonchev–Trinajstić information content (AvgIpc) is 3.12. The maximum absolute atomic E-state index is 12.5. The molecule has 0 radical (unpaired) electrons. The third-order valence-corrected chi connectivity index (χ3v) is 4.90. The fourth-order valence-corrected chi connectivity index (χ4v) is 3.30. The molecular weight excluding hydrogens is 394 g/mol. The quantitative estimate of drug-likeness (QED) is 0.703. The number of fused-ring (bicyclic) bond motifs is 1. The minimum atomic E-state index is -0.483. The zero-order chi connectivity index (χ0) is 22.0. The zero-order valence-corrected chi connectivity index (χ0v) is 17.6. The number of aliphatic imine (C=N–C) groups is 1. The van der Waals surface area contributed by atoms with Gasteiger partial charge in [-0.1, -0.05) is 30.3 Å². The summed E-state index contributed by atoms with van der Waals surface area (Å²) in [5, 5.41) is 9.58. The molecule has 0 bridgehead atoms. The van der Waals surface area contributed by atoms with Crippen LogP contribution in [0.15, 0.2) is 64.9 Å². The average molecular weight is 417 g/mol. The van der Waals surface area contributed by atoms with Crippen molar-refractivity contribution in [1.29, 1.82) is 5.41 Å². The van der Waals surface area contributed by atoms with Crippen LogP contribution in [0.3, 0.4) is 0 Å². The number of aryl methyl sites for hydroxylation is 1. The van der Waals surface area contributed by atoms with Gasteiger partial charge in [-0.3, -0.25) is 10.2 Å². The highest BCUT2D eigenvalue weighted by molar-refractivity contribution is 6.32. The van der Waals surface area contributed by atoms with E-state index in [1.54, 1.807) is 31.2 Å². The van der Waals surface area contributed by atoms with E-state index in [9.17, 15) is 4.79 Å². The van der Waals surface area contributed by atoms with Crippen molar-refractivity contribution in [2.75, 3.05) is 6.61 Å². The second-order valence-corrected chi connectivity index (χ2v) is 7.18. The third-order valence-electron chi connectivity index (χ3n) is 4.90. The molecule has 0 fully saturated rings. The number of amides is 1. The Kier molecular flexibility index (Phi) is 5.58. The molecule has 7 heteroatoms. The van der Waals surface area contributed by atoms with Crippen molar-refractivity contribution >= 4 is 23.7 Å².